The molecule has 0 radical (unpaired) electrons. The van der Waals surface area contributed by atoms with Crippen molar-refractivity contribution in [2.45, 2.75) is 13.3 Å². The molecule has 2 aromatic rings. The summed E-state index contributed by atoms with van der Waals surface area (Å²) in [4.78, 5) is 11.8. The Balaban J connectivity index is 1.77. The number of carbonyl (C=O) groups excluding carboxylic acids is 1. The summed E-state index contributed by atoms with van der Waals surface area (Å²) in [6, 6.07) is 15.3. The first-order chi connectivity index (χ1) is 10.2. The molecule has 0 aliphatic rings. The molecule has 0 atom stereocenters. The van der Waals surface area contributed by atoms with Crippen LogP contribution in [0.4, 0.5) is 10.5 Å². The zero-order valence-electron chi connectivity index (χ0n) is 12.3. The maximum Gasteiger partial charge on any atom is 0.319 e. The van der Waals surface area contributed by atoms with E-state index in [0.29, 0.717) is 6.54 Å². The summed E-state index contributed by atoms with van der Waals surface area (Å²) in [6.45, 7) is 2.59. The third kappa shape index (κ3) is 4.84. The summed E-state index contributed by atoms with van der Waals surface area (Å²) < 4.78 is 5.17. The van der Waals surface area contributed by atoms with Gasteiger partial charge in [0, 0.05) is 12.2 Å². The Morgan fingerprint density at radius 1 is 1.14 bits per heavy atom. The third-order valence-electron chi connectivity index (χ3n) is 3.14. The van der Waals surface area contributed by atoms with Gasteiger partial charge in [-0.15, -0.1) is 0 Å². The average Bonchev–Trinajstić information content (AvgIpc) is 2.50. The lowest BCUT2D eigenvalue weighted by atomic mass is 10.1. The summed E-state index contributed by atoms with van der Waals surface area (Å²) in [5, 5.41) is 5.64. The smallest absolute Gasteiger partial charge is 0.319 e. The fraction of sp³-hybridized carbons (Fsp3) is 0.235. The lowest BCUT2D eigenvalue weighted by Crippen LogP contribution is -2.30. The van der Waals surface area contributed by atoms with Gasteiger partial charge in [-0.25, -0.2) is 4.79 Å². The Morgan fingerprint density at radius 2 is 1.90 bits per heavy atom. The van der Waals surface area contributed by atoms with Crippen molar-refractivity contribution < 1.29 is 9.53 Å². The van der Waals surface area contributed by atoms with E-state index in [1.807, 2.05) is 55.5 Å². The van der Waals surface area contributed by atoms with E-state index in [0.717, 1.165) is 23.4 Å². The van der Waals surface area contributed by atoms with Gasteiger partial charge in [0.15, 0.2) is 0 Å². The van der Waals surface area contributed by atoms with Gasteiger partial charge in [0.1, 0.15) is 5.75 Å². The maximum absolute atomic E-state index is 11.8. The molecule has 21 heavy (non-hydrogen) atoms. The van der Waals surface area contributed by atoms with Crippen LogP contribution in [0.15, 0.2) is 48.5 Å². The van der Waals surface area contributed by atoms with E-state index in [-0.39, 0.29) is 6.03 Å². The first-order valence-corrected chi connectivity index (χ1v) is 6.92. The number of ether oxygens (including phenoxy) is 1. The first kappa shape index (κ1) is 14.9. The SMILES string of the molecule is COc1cccc(CCNC(=O)Nc2ccc(C)cc2)c1. The minimum Gasteiger partial charge on any atom is -0.497 e. The normalized spacial score (nSPS) is 10.0. The van der Waals surface area contributed by atoms with Crippen LogP contribution in [0.2, 0.25) is 0 Å². The van der Waals surface area contributed by atoms with E-state index in [1.54, 1.807) is 7.11 Å². The zero-order chi connectivity index (χ0) is 15.1. The number of hydrogen-bond donors (Lipinski definition) is 2. The quantitative estimate of drug-likeness (QED) is 0.884. The van der Waals surface area contributed by atoms with Crippen LogP contribution in [0.1, 0.15) is 11.1 Å². The Bertz CT molecular complexity index is 594. The first-order valence-electron chi connectivity index (χ1n) is 6.92. The van der Waals surface area contributed by atoms with Crippen molar-refractivity contribution in [2.75, 3.05) is 19.0 Å². The number of aryl methyl sites for hydroxylation is 1. The summed E-state index contributed by atoms with van der Waals surface area (Å²) in [5.41, 5.74) is 3.09. The van der Waals surface area contributed by atoms with Crippen LogP contribution < -0.4 is 15.4 Å². The molecule has 2 amide bonds. The Hall–Kier alpha value is -2.49. The predicted octanol–water partition coefficient (Wildman–Crippen LogP) is 3.37. The van der Waals surface area contributed by atoms with Crippen LogP contribution in [0.25, 0.3) is 0 Å². The fourth-order valence-electron chi connectivity index (χ4n) is 1.96. The highest BCUT2D eigenvalue weighted by Gasteiger charge is 2.01. The Morgan fingerprint density at radius 3 is 2.62 bits per heavy atom. The molecule has 4 nitrogen and oxygen atoms in total. The van der Waals surface area contributed by atoms with Crippen LogP contribution in [-0.4, -0.2) is 19.7 Å². The number of urea groups is 1. The van der Waals surface area contributed by atoms with Gasteiger partial charge in [0.05, 0.1) is 7.11 Å². The second kappa shape index (κ2) is 7.33. The van der Waals surface area contributed by atoms with Gasteiger partial charge in [-0.05, 0) is 43.2 Å². The van der Waals surface area contributed by atoms with Gasteiger partial charge >= 0.3 is 6.03 Å². The highest BCUT2D eigenvalue weighted by atomic mass is 16.5. The van der Waals surface area contributed by atoms with Gasteiger partial charge in [-0.1, -0.05) is 29.8 Å². The van der Waals surface area contributed by atoms with Crippen LogP contribution in [0.3, 0.4) is 0 Å². The molecule has 110 valence electrons. The second-order valence-corrected chi connectivity index (χ2v) is 4.85. The number of rotatable bonds is 5. The van der Waals surface area contributed by atoms with Gasteiger partial charge in [0.25, 0.3) is 0 Å². The van der Waals surface area contributed by atoms with E-state index in [4.69, 9.17) is 4.74 Å². The van der Waals surface area contributed by atoms with Gasteiger partial charge in [0.2, 0.25) is 0 Å². The van der Waals surface area contributed by atoms with E-state index in [1.165, 1.54) is 5.56 Å². The highest BCUT2D eigenvalue weighted by molar-refractivity contribution is 5.89. The van der Waals surface area contributed by atoms with E-state index in [9.17, 15) is 4.79 Å². The van der Waals surface area contributed by atoms with Gasteiger partial charge in [-0.2, -0.15) is 0 Å². The molecule has 0 fully saturated rings. The van der Waals surface area contributed by atoms with Crippen molar-refractivity contribution in [3.8, 4) is 5.75 Å². The number of benzene rings is 2. The Labute approximate surface area is 125 Å². The zero-order valence-corrected chi connectivity index (χ0v) is 12.3. The summed E-state index contributed by atoms with van der Waals surface area (Å²) in [5.74, 6) is 0.830. The second-order valence-electron chi connectivity index (χ2n) is 4.85. The van der Waals surface area contributed by atoms with Crippen LogP contribution >= 0.6 is 0 Å². The van der Waals surface area contributed by atoms with Crippen LogP contribution in [0, 0.1) is 6.92 Å². The monoisotopic (exact) mass is 284 g/mol. The van der Waals surface area contributed by atoms with Crippen molar-refractivity contribution in [1.29, 1.82) is 0 Å². The minimum absolute atomic E-state index is 0.193. The lowest BCUT2D eigenvalue weighted by molar-refractivity contribution is 0.252. The molecule has 0 saturated carbocycles. The molecule has 0 spiro atoms. The number of amides is 2. The lowest BCUT2D eigenvalue weighted by Gasteiger charge is -2.08. The Kier molecular flexibility index (Phi) is 5.21. The third-order valence-corrected chi connectivity index (χ3v) is 3.14. The number of anilines is 1. The summed E-state index contributed by atoms with van der Waals surface area (Å²) in [7, 11) is 1.65. The molecule has 0 aliphatic heterocycles. The number of carbonyl (C=O) groups is 1. The molecule has 0 heterocycles. The molecule has 4 heteroatoms. The molecule has 0 saturated heterocycles. The van der Waals surface area contributed by atoms with E-state index >= 15 is 0 Å². The van der Waals surface area contributed by atoms with E-state index in [2.05, 4.69) is 10.6 Å². The van der Waals surface area contributed by atoms with Crippen molar-refractivity contribution in [3.05, 3.63) is 59.7 Å². The van der Waals surface area contributed by atoms with Crippen molar-refractivity contribution in [3.63, 3.8) is 0 Å². The van der Waals surface area contributed by atoms with E-state index < -0.39 is 0 Å². The van der Waals surface area contributed by atoms with Crippen molar-refractivity contribution in [1.82, 2.24) is 5.32 Å². The predicted molar refractivity (Wildman–Crippen MR) is 84.9 cm³/mol. The largest absolute Gasteiger partial charge is 0.497 e. The highest BCUT2D eigenvalue weighted by Crippen LogP contribution is 2.12. The standard InChI is InChI=1S/C17H20N2O2/c1-13-6-8-15(9-7-13)19-17(20)18-11-10-14-4-3-5-16(12-14)21-2/h3-9,12H,10-11H2,1-2H3,(H2,18,19,20). The van der Waals surface area contributed by atoms with Crippen molar-refractivity contribution >= 4 is 11.7 Å². The number of hydrogen-bond acceptors (Lipinski definition) is 2. The molecular weight excluding hydrogens is 264 g/mol. The number of nitrogens with one attached hydrogen (secondary N) is 2. The minimum atomic E-state index is -0.193. The topological polar surface area (TPSA) is 50.4 Å². The molecule has 0 aliphatic carbocycles. The van der Waals surface area contributed by atoms with Gasteiger partial charge < -0.3 is 15.4 Å². The maximum atomic E-state index is 11.8. The van der Waals surface area contributed by atoms with Crippen LogP contribution in [0.5, 0.6) is 5.75 Å². The molecular formula is C17H20N2O2. The molecule has 2 aromatic carbocycles. The summed E-state index contributed by atoms with van der Waals surface area (Å²) >= 11 is 0. The molecule has 2 rings (SSSR count). The molecule has 0 bridgehead atoms. The summed E-state index contributed by atoms with van der Waals surface area (Å²) in [6.07, 6.45) is 0.762. The molecule has 0 unspecified atom stereocenters. The van der Waals surface area contributed by atoms with Crippen molar-refractivity contribution in [2.24, 2.45) is 0 Å². The molecule has 2 N–H and O–H groups in total. The number of methoxy groups -OCH3 is 1. The van der Waals surface area contributed by atoms with Crippen LogP contribution in [-0.2, 0) is 6.42 Å². The van der Waals surface area contributed by atoms with Gasteiger partial charge in [-0.3, -0.25) is 0 Å². The average molecular weight is 284 g/mol. The fourth-order valence-corrected chi connectivity index (χ4v) is 1.96. The molecule has 0 aromatic heterocycles.